The molecule has 0 saturated heterocycles. The van der Waals surface area contributed by atoms with Gasteiger partial charge in [0.05, 0.1) is 17.4 Å². The molecule has 0 spiro atoms. The van der Waals surface area contributed by atoms with Crippen LogP contribution in [0.3, 0.4) is 0 Å². The molecule has 218 valence electrons. The minimum Gasteiger partial charge on any atom is -0.337 e. The van der Waals surface area contributed by atoms with E-state index in [0.717, 1.165) is 41.0 Å². The molecule has 6 rings (SSSR count). The van der Waals surface area contributed by atoms with Gasteiger partial charge >= 0.3 is 0 Å². The Balaban J connectivity index is 1.35. The largest absolute Gasteiger partial charge is 0.337 e. The molecule has 0 bridgehead atoms. The summed E-state index contributed by atoms with van der Waals surface area (Å²) < 4.78 is 31.7. The number of carbonyl (C=O) groups is 1. The number of amides is 1. The number of aryl methyl sites for hydroxylation is 3. The molecule has 42 heavy (non-hydrogen) atoms. The number of nitrogens with zero attached hydrogens (tertiary/aromatic N) is 3. The van der Waals surface area contributed by atoms with Crippen molar-refractivity contribution in [2.45, 2.75) is 63.4 Å². The second kappa shape index (κ2) is 10.8. The van der Waals surface area contributed by atoms with Crippen molar-refractivity contribution in [1.82, 2.24) is 14.3 Å². The summed E-state index contributed by atoms with van der Waals surface area (Å²) in [5, 5.41) is 0. The van der Waals surface area contributed by atoms with Crippen molar-refractivity contribution in [3.05, 3.63) is 113 Å². The fourth-order valence-corrected chi connectivity index (χ4v) is 8.00. The number of imidazole rings is 1. The first kappa shape index (κ1) is 28.4. The van der Waals surface area contributed by atoms with Gasteiger partial charge in [-0.3, -0.25) is 4.79 Å². The summed E-state index contributed by atoms with van der Waals surface area (Å²) in [6.45, 7) is 6.54. The molecular weight excluding hydrogens is 544 g/mol. The average molecular weight is 583 g/mol. The summed E-state index contributed by atoms with van der Waals surface area (Å²) in [5.41, 5.74) is 4.69. The van der Waals surface area contributed by atoms with Gasteiger partial charge in [0.15, 0.2) is 0 Å². The smallest absolute Gasteiger partial charge is 0.241 e. The summed E-state index contributed by atoms with van der Waals surface area (Å²) in [7, 11) is -1.79. The topological polar surface area (TPSA) is 84.3 Å². The predicted molar refractivity (Wildman–Crippen MR) is 164 cm³/mol. The zero-order chi connectivity index (χ0) is 29.6. The molecule has 0 aliphatic heterocycles. The quantitative estimate of drug-likeness (QED) is 0.274. The van der Waals surface area contributed by atoms with Gasteiger partial charge in [-0.1, -0.05) is 62.4 Å². The zero-order valence-corrected chi connectivity index (χ0v) is 25.4. The van der Waals surface area contributed by atoms with E-state index >= 15 is 0 Å². The third kappa shape index (κ3) is 5.29. The van der Waals surface area contributed by atoms with Crippen molar-refractivity contribution < 1.29 is 13.2 Å². The lowest BCUT2D eigenvalue weighted by atomic mass is 9.87. The number of rotatable bonds is 8. The molecule has 2 aliphatic carbocycles. The number of hydrogen-bond acceptors (Lipinski definition) is 4. The first-order chi connectivity index (χ1) is 20.1. The van der Waals surface area contributed by atoms with Crippen LogP contribution in [0.2, 0.25) is 0 Å². The van der Waals surface area contributed by atoms with Gasteiger partial charge in [0.2, 0.25) is 15.9 Å². The number of anilines is 1. The number of nitrogens with one attached hydrogen (secondary N) is 1. The maximum absolute atomic E-state index is 14.4. The maximum atomic E-state index is 14.4. The van der Waals surface area contributed by atoms with Gasteiger partial charge in [0, 0.05) is 37.1 Å². The van der Waals surface area contributed by atoms with Crippen molar-refractivity contribution in [2.24, 2.45) is 18.4 Å². The van der Waals surface area contributed by atoms with Crippen molar-refractivity contribution in [2.75, 3.05) is 4.90 Å². The number of carbonyl (C=O) groups excluding carboxylic acids is 1. The lowest BCUT2D eigenvalue weighted by Gasteiger charge is -2.30. The molecule has 1 aromatic heterocycles. The molecule has 3 aromatic carbocycles. The molecule has 2 aliphatic rings. The molecule has 7 nitrogen and oxygen atoms in total. The summed E-state index contributed by atoms with van der Waals surface area (Å²) in [6.07, 6.45) is 6.08. The van der Waals surface area contributed by atoms with Crippen LogP contribution < -0.4 is 9.62 Å². The minimum absolute atomic E-state index is 0.0597. The van der Waals surface area contributed by atoms with Crippen LogP contribution in [0.5, 0.6) is 0 Å². The summed E-state index contributed by atoms with van der Waals surface area (Å²) in [6, 6.07) is 22.9. The molecule has 8 heteroatoms. The van der Waals surface area contributed by atoms with Crippen LogP contribution in [0.15, 0.2) is 90.1 Å². The van der Waals surface area contributed by atoms with Crippen LogP contribution in [-0.4, -0.2) is 23.9 Å². The molecule has 1 amide bonds. The Morgan fingerprint density at radius 3 is 2.57 bits per heavy atom. The van der Waals surface area contributed by atoms with Gasteiger partial charge in [0.25, 0.3) is 0 Å². The Morgan fingerprint density at radius 1 is 1.07 bits per heavy atom. The second-order valence-electron chi connectivity index (χ2n) is 12.3. The van der Waals surface area contributed by atoms with Crippen molar-refractivity contribution in [3.8, 4) is 0 Å². The average Bonchev–Trinajstić information content (AvgIpc) is 3.32. The zero-order valence-electron chi connectivity index (χ0n) is 24.6. The highest BCUT2D eigenvalue weighted by atomic mass is 32.2. The Bertz CT molecular complexity index is 1730. The normalized spacial score (nSPS) is 21.0. The van der Waals surface area contributed by atoms with E-state index < -0.39 is 10.0 Å². The number of aromatic nitrogens is 2. The van der Waals surface area contributed by atoms with Gasteiger partial charge in [-0.15, -0.1) is 0 Å². The van der Waals surface area contributed by atoms with E-state index in [4.69, 9.17) is 0 Å². The van der Waals surface area contributed by atoms with Crippen LogP contribution in [-0.2, 0) is 34.8 Å². The van der Waals surface area contributed by atoms with Gasteiger partial charge in [-0.05, 0) is 78.1 Å². The van der Waals surface area contributed by atoms with Crippen molar-refractivity contribution in [1.29, 1.82) is 0 Å². The highest BCUT2D eigenvalue weighted by Crippen LogP contribution is 2.65. The standard InChI is InChI=1S/C34H38N4O3S/c1-23-10-8-14-27(20-23)42(40,41)36-29-15-9-13-24-16-17-26(21-28(24)29)38(22-30-35-18-19-37(30)4)33(39)32-31(34(32,2)3)25-11-6-5-7-12-25/h5-8,10-12,14,16-21,29,31-32,36H,9,13,15,22H2,1-4H3/t29-,31-,32-/m1/s1. The van der Waals surface area contributed by atoms with Crippen molar-refractivity contribution >= 4 is 21.6 Å². The molecule has 0 radical (unpaired) electrons. The Labute approximate surface area is 248 Å². The van der Waals surface area contributed by atoms with Crippen LogP contribution >= 0.6 is 0 Å². The molecule has 3 atom stereocenters. The SMILES string of the molecule is Cc1cccc(S(=O)(=O)N[C@@H]2CCCc3ccc(N(Cc4nccn4C)C(=O)[C@H]4[C@@H](c5ccccc5)C4(C)C)cc32)c1. The van der Waals surface area contributed by atoms with E-state index in [2.05, 4.69) is 41.8 Å². The first-order valence-electron chi connectivity index (χ1n) is 14.6. The molecule has 1 fully saturated rings. The fraction of sp³-hybridized carbons (Fsp3) is 0.353. The van der Waals surface area contributed by atoms with Crippen LogP contribution in [0.1, 0.15) is 66.7 Å². The number of hydrogen-bond donors (Lipinski definition) is 1. The van der Waals surface area contributed by atoms with Crippen LogP contribution in [0.25, 0.3) is 0 Å². The van der Waals surface area contributed by atoms with Crippen molar-refractivity contribution in [3.63, 3.8) is 0 Å². The molecule has 4 aromatic rings. The second-order valence-corrected chi connectivity index (χ2v) is 14.0. The van der Waals surface area contributed by atoms with Gasteiger partial charge in [-0.2, -0.15) is 0 Å². The molecule has 1 N–H and O–H groups in total. The third-order valence-electron chi connectivity index (χ3n) is 9.09. The van der Waals surface area contributed by atoms with E-state index in [-0.39, 0.29) is 34.1 Å². The van der Waals surface area contributed by atoms with Crippen LogP contribution in [0, 0.1) is 18.3 Å². The highest BCUT2D eigenvalue weighted by molar-refractivity contribution is 7.89. The highest BCUT2D eigenvalue weighted by Gasteiger charge is 2.63. The minimum atomic E-state index is -3.72. The summed E-state index contributed by atoms with van der Waals surface area (Å²) in [5.74, 6) is 0.797. The molecule has 1 heterocycles. The Morgan fingerprint density at radius 2 is 1.86 bits per heavy atom. The lowest BCUT2D eigenvalue weighted by Crippen LogP contribution is -2.35. The van der Waals surface area contributed by atoms with Gasteiger partial charge in [-0.25, -0.2) is 18.1 Å². The summed E-state index contributed by atoms with van der Waals surface area (Å²) in [4.78, 5) is 21.1. The van der Waals surface area contributed by atoms with Gasteiger partial charge in [0.1, 0.15) is 5.82 Å². The fourth-order valence-electron chi connectivity index (χ4n) is 6.65. The lowest BCUT2D eigenvalue weighted by molar-refractivity contribution is -0.120. The Hall–Kier alpha value is -3.75. The Kier molecular flexibility index (Phi) is 7.31. The van der Waals surface area contributed by atoms with E-state index in [1.807, 2.05) is 66.0 Å². The third-order valence-corrected chi connectivity index (χ3v) is 10.6. The molecular formula is C34H38N4O3S. The van der Waals surface area contributed by atoms with Gasteiger partial charge < -0.3 is 9.47 Å². The molecule has 1 saturated carbocycles. The van der Waals surface area contributed by atoms with E-state index in [1.165, 1.54) is 5.56 Å². The van der Waals surface area contributed by atoms with E-state index in [0.29, 0.717) is 13.0 Å². The predicted octanol–water partition coefficient (Wildman–Crippen LogP) is 6.06. The van der Waals surface area contributed by atoms with E-state index in [1.54, 1.807) is 24.4 Å². The first-order valence-corrected chi connectivity index (χ1v) is 16.1. The number of fused-ring (bicyclic) bond motifs is 1. The number of sulfonamides is 1. The monoisotopic (exact) mass is 582 g/mol. The number of benzene rings is 3. The summed E-state index contributed by atoms with van der Waals surface area (Å²) >= 11 is 0. The molecule has 0 unspecified atom stereocenters. The van der Waals surface area contributed by atoms with E-state index in [9.17, 15) is 13.2 Å². The van der Waals surface area contributed by atoms with Crippen LogP contribution in [0.4, 0.5) is 5.69 Å². The maximum Gasteiger partial charge on any atom is 0.241 e.